The summed E-state index contributed by atoms with van der Waals surface area (Å²) >= 11 is 5.81. The van der Waals surface area contributed by atoms with Gasteiger partial charge in [-0.25, -0.2) is 0 Å². The van der Waals surface area contributed by atoms with Crippen molar-refractivity contribution in [1.29, 1.82) is 0 Å². The number of carbonyl (C=O) groups is 1. The second kappa shape index (κ2) is 3.04. The Morgan fingerprint density at radius 2 is 2.38 bits per heavy atom. The lowest BCUT2D eigenvalue weighted by molar-refractivity contribution is -0.143. The maximum absolute atomic E-state index is 11.2. The highest BCUT2D eigenvalue weighted by molar-refractivity contribution is 6.30. The molecule has 0 fully saturated rings. The molecule has 0 bridgehead atoms. The molecule has 3 heteroatoms. The summed E-state index contributed by atoms with van der Waals surface area (Å²) in [5.41, 5.74) is 2.21. The Bertz CT molecular complexity index is 360. The second-order valence-electron chi connectivity index (χ2n) is 3.12. The molecule has 0 unspecified atom stereocenters. The van der Waals surface area contributed by atoms with Crippen LogP contribution in [0.4, 0.5) is 0 Å². The van der Waals surface area contributed by atoms with E-state index in [2.05, 4.69) is 4.74 Å². The lowest BCUT2D eigenvalue weighted by Gasteiger charge is -2.27. The first-order valence-corrected chi connectivity index (χ1v) is 4.46. The molecule has 1 aliphatic carbocycles. The number of benzene rings is 1. The van der Waals surface area contributed by atoms with Crippen molar-refractivity contribution >= 4 is 17.6 Å². The first-order valence-electron chi connectivity index (χ1n) is 4.08. The normalized spacial score (nSPS) is 18.8. The molecule has 0 radical (unpaired) electrons. The number of hydrogen-bond donors (Lipinski definition) is 0. The van der Waals surface area contributed by atoms with E-state index in [1.54, 1.807) is 0 Å². The molecule has 1 atom stereocenters. The van der Waals surface area contributed by atoms with Crippen LogP contribution in [-0.4, -0.2) is 13.1 Å². The lowest BCUT2D eigenvalue weighted by atomic mass is 9.78. The molecule has 0 aromatic heterocycles. The van der Waals surface area contributed by atoms with Crippen LogP contribution >= 0.6 is 11.6 Å². The minimum atomic E-state index is -0.172. The summed E-state index contributed by atoms with van der Waals surface area (Å²) in [5.74, 6) is -0.270. The summed E-state index contributed by atoms with van der Waals surface area (Å²) in [6.45, 7) is 0. The number of halogens is 1. The van der Waals surface area contributed by atoms with E-state index < -0.39 is 0 Å². The van der Waals surface area contributed by atoms with Crippen molar-refractivity contribution in [2.75, 3.05) is 7.11 Å². The first-order chi connectivity index (χ1) is 6.22. The molecule has 1 aromatic rings. The molecule has 1 aliphatic rings. The van der Waals surface area contributed by atoms with Gasteiger partial charge in [-0.2, -0.15) is 0 Å². The average Bonchev–Trinajstić information content (AvgIpc) is 2.10. The van der Waals surface area contributed by atoms with Crippen molar-refractivity contribution < 1.29 is 9.53 Å². The van der Waals surface area contributed by atoms with Gasteiger partial charge in [-0.3, -0.25) is 4.79 Å². The Hall–Kier alpha value is -1.02. The van der Waals surface area contributed by atoms with Crippen LogP contribution < -0.4 is 0 Å². The number of methoxy groups -OCH3 is 1. The molecule has 2 nitrogen and oxygen atoms in total. The molecule has 0 amide bonds. The zero-order chi connectivity index (χ0) is 9.42. The fourth-order valence-electron chi connectivity index (χ4n) is 1.63. The van der Waals surface area contributed by atoms with Gasteiger partial charge in [0.2, 0.25) is 0 Å². The third-order valence-electron chi connectivity index (χ3n) is 2.39. The van der Waals surface area contributed by atoms with E-state index in [4.69, 9.17) is 11.6 Å². The summed E-state index contributed by atoms with van der Waals surface area (Å²) in [7, 11) is 1.41. The van der Waals surface area contributed by atoms with E-state index in [9.17, 15) is 4.79 Å². The third kappa shape index (κ3) is 1.31. The fourth-order valence-corrected chi connectivity index (χ4v) is 1.81. The first kappa shape index (κ1) is 8.57. The summed E-state index contributed by atoms with van der Waals surface area (Å²) in [4.78, 5) is 11.2. The smallest absolute Gasteiger partial charge is 0.313 e. The van der Waals surface area contributed by atoms with E-state index in [0.717, 1.165) is 12.0 Å². The van der Waals surface area contributed by atoms with Crippen LogP contribution in [0.5, 0.6) is 0 Å². The van der Waals surface area contributed by atoms with Crippen molar-refractivity contribution in [2.24, 2.45) is 0 Å². The van der Waals surface area contributed by atoms with Crippen molar-refractivity contribution in [2.45, 2.75) is 12.3 Å². The van der Waals surface area contributed by atoms with Crippen molar-refractivity contribution in [1.82, 2.24) is 0 Å². The number of ether oxygens (including phenoxy) is 1. The summed E-state index contributed by atoms with van der Waals surface area (Å²) in [6, 6.07) is 5.63. The Kier molecular flexibility index (Phi) is 2.00. The Balaban J connectivity index is 2.30. The van der Waals surface area contributed by atoms with Gasteiger partial charge in [0.1, 0.15) is 0 Å². The SMILES string of the molecule is COC(=O)[C@H]1Cc2ccc(Cl)cc21. The topological polar surface area (TPSA) is 26.3 Å². The molecule has 0 heterocycles. The van der Waals surface area contributed by atoms with Crippen LogP contribution in [0.1, 0.15) is 17.0 Å². The molecule has 0 saturated carbocycles. The Morgan fingerprint density at radius 3 is 3.08 bits per heavy atom. The van der Waals surface area contributed by atoms with Gasteiger partial charge in [0, 0.05) is 5.02 Å². The van der Waals surface area contributed by atoms with E-state index in [0.29, 0.717) is 5.02 Å². The van der Waals surface area contributed by atoms with Crippen LogP contribution in [0.15, 0.2) is 18.2 Å². The zero-order valence-electron chi connectivity index (χ0n) is 7.21. The molecule has 1 aromatic carbocycles. The van der Waals surface area contributed by atoms with E-state index in [1.165, 1.54) is 12.7 Å². The second-order valence-corrected chi connectivity index (χ2v) is 3.56. The number of rotatable bonds is 1. The Labute approximate surface area is 81.5 Å². The van der Waals surface area contributed by atoms with E-state index in [-0.39, 0.29) is 11.9 Å². The molecular formula is C10H9ClO2. The monoisotopic (exact) mass is 196 g/mol. The van der Waals surface area contributed by atoms with Crippen LogP contribution in [0.3, 0.4) is 0 Å². The van der Waals surface area contributed by atoms with E-state index in [1.807, 2.05) is 18.2 Å². The van der Waals surface area contributed by atoms with Gasteiger partial charge >= 0.3 is 5.97 Å². The molecule has 2 rings (SSSR count). The van der Waals surface area contributed by atoms with Gasteiger partial charge in [0.15, 0.2) is 0 Å². The van der Waals surface area contributed by atoms with Crippen molar-refractivity contribution in [3.63, 3.8) is 0 Å². The predicted octanol–water partition coefficient (Wildman–Crippen LogP) is 2.15. The van der Waals surface area contributed by atoms with Crippen LogP contribution in [0.25, 0.3) is 0 Å². The zero-order valence-corrected chi connectivity index (χ0v) is 7.97. The van der Waals surface area contributed by atoms with Crippen LogP contribution in [-0.2, 0) is 16.0 Å². The lowest BCUT2D eigenvalue weighted by Crippen LogP contribution is -2.26. The average molecular weight is 197 g/mol. The number of esters is 1. The molecule has 0 N–H and O–H groups in total. The van der Waals surface area contributed by atoms with Gasteiger partial charge in [-0.15, -0.1) is 0 Å². The van der Waals surface area contributed by atoms with E-state index >= 15 is 0 Å². The number of carbonyl (C=O) groups excluding carboxylic acids is 1. The maximum Gasteiger partial charge on any atom is 0.313 e. The number of fused-ring (bicyclic) bond motifs is 1. The van der Waals surface area contributed by atoms with Gasteiger partial charge in [-0.05, 0) is 29.7 Å². The summed E-state index contributed by atoms with van der Waals surface area (Å²) < 4.78 is 4.67. The standard InChI is InChI=1S/C10H9ClO2/c1-13-10(12)9-4-6-2-3-7(11)5-8(6)9/h2-3,5,9H,4H2,1H3/t9-/m0/s1. The largest absolute Gasteiger partial charge is 0.469 e. The minimum absolute atomic E-state index is 0.0984. The van der Waals surface area contributed by atoms with Crippen LogP contribution in [0.2, 0.25) is 5.02 Å². The third-order valence-corrected chi connectivity index (χ3v) is 2.63. The van der Waals surface area contributed by atoms with Gasteiger partial charge in [0.05, 0.1) is 13.0 Å². The van der Waals surface area contributed by atoms with Crippen molar-refractivity contribution in [3.8, 4) is 0 Å². The molecule has 0 saturated heterocycles. The quantitative estimate of drug-likeness (QED) is 0.644. The van der Waals surface area contributed by atoms with Gasteiger partial charge in [-0.1, -0.05) is 17.7 Å². The summed E-state index contributed by atoms with van der Waals surface area (Å²) in [6.07, 6.45) is 0.777. The fraction of sp³-hybridized carbons (Fsp3) is 0.300. The highest BCUT2D eigenvalue weighted by atomic mass is 35.5. The van der Waals surface area contributed by atoms with Gasteiger partial charge < -0.3 is 4.74 Å². The molecular weight excluding hydrogens is 188 g/mol. The highest BCUT2D eigenvalue weighted by Crippen LogP contribution is 2.37. The molecule has 0 spiro atoms. The molecule has 68 valence electrons. The van der Waals surface area contributed by atoms with Crippen molar-refractivity contribution in [3.05, 3.63) is 34.3 Å². The highest BCUT2D eigenvalue weighted by Gasteiger charge is 2.32. The van der Waals surface area contributed by atoms with Gasteiger partial charge in [0.25, 0.3) is 0 Å². The van der Waals surface area contributed by atoms with Crippen LogP contribution in [0, 0.1) is 0 Å². The molecule has 13 heavy (non-hydrogen) atoms. The maximum atomic E-state index is 11.2. The minimum Gasteiger partial charge on any atom is -0.469 e. The molecule has 0 aliphatic heterocycles. The number of hydrogen-bond acceptors (Lipinski definition) is 2. The Morgan fingerprint density at radius 1 is 1.62 bits per heavy atom. The predicted molar refractivity (Wildman–Crippen MR) is 49.9 cm³/mol. The summed E-state index contributed by atoms with van der Waals surface area (Å²) in [5, 5.41) is 0.673.